The molecule has 1 heterocycles. The molecule has 0 aliphatic carbocycles. The summed E-state index contributed by atoms with van der Waals surface area (Å²) in [6.07, 6.45) is 3.62. The van der Waals surface area contributed by atoms with E-state index in [1.807, 2.05) is 43.4 Å². The first-order valence-corrected chi connectivity index (χ1v) is 5.79. The summed E-state index contributed by atoms with van der Waals surface area (Å²) in [5.74, 6) is 0. The van der Waals surface area contributed by atoms with Gasteiger partial charge >= 0.3 is 0 Å². The van der Waals surface area contributed by atoms with Crippen LogP contribution in [0.3, 0.4) is 0 Å². The molecule has 16 heavy (non-hydrogen) atoms. The maximum absolute atomic E-state index is 4.26. The second-order valence-electron chi connectivity index (χ2n) is 3.58. The van der Waals surface area contributed by atoms with Crippen molar-refractivity contribution in [1.82, 2.24) is 9.88 Å². The minimum absolute atomic E-state index is 0.785. The smallest absolute Gasteiger partial charge is 0.211 e. The molecule has 1 aromatic heterocycles. The van der Waals surface area contributed by atoms with Crippen LogP contribution >= 0.6 is 11.3 Å². The molecule has 0 N–H and O–H groups in total. The summed E-state index contributed by atoms with van der Waals surface area (Å²) < 4.78 is 0. The van der Waals surface area contributed by atoms with Crippen LogP contribution < -0.4 is 0 Å². The fourth-order valence-electron chi connectivity index (χ4n) is 1.23. The van der Waals surface area contributed by atoms with Gasteiger partial charge in [0.15, 0.2) is 0 Å². The second kappa shape index (κ2) is 4.90. The molecule has 0 amide bonds. The van der Waals surface area contributed by atoms with E-state index in [2.05, 4.69) is 22.1 Å². The van der Waals surface area contributed by atoms with Gasteiger partial charge < -0.3 is 4.90 Å². The quantitative estimate of drug-likeness (QED) is 0.600. The molecular weight excluding hydrogens is 218 g/mol. The van der Waals surface area contributed by atoms with Crippen molar-refractivity contribution < 1.29 is 0 Å². The maximum atomic E-state index is 4.26. The third-order valence-electron chi connectivity index (χ3n) is 1.95. The molecule has 0 saturated heterocycles. The number of aliphatic imine (C=N–C) groups is 1. The van der Waals surface area contributed by atoms with E-state index in [1.165, 1.54) is 5.56 Å². The number of hydrogen-bond acceptors (Lipinski definition) is 3. The summed E-state index contributed by atoms with van der Waals surface area (Å²) in [7, 11) is 3.88. The standard InChI is InChI=1S/C12H13N3S/c1-15(2)9-14-12-13-8-11(16-12)10-6-4-3-5-7-10/h3-9H,1-2H3. The van der Waals surface area contributed by atoms with Gasteiger partial charge in [-0.1, -0.05) is 41.7 Å². The summed E-state index contributed by atoms with van der Waals surface area (Å²) in [5, 5.41) is 0.785. The fourth-order valence-corrected chi connectivity index (χ4v) is 1.99. The Hall–Kier alpha value is -1.68. The molecule has 2 aromatic rings. The van der Waals surface area contributed by atoms with Crippen LogP contribution in [0, 0.1) is 0 Å². The molecule has 0 aliphatic heterocycles. The Morgan fingerprint density at radius 3 is 2.69 bits per heavy atom. The van der Waals surface area contributed by atoms with Crippen molar-refractivity contribution in [3.63, 3.8) is 0 Å². The Bertz CT molecular complexity index is 474. The Kier molecular flexibility index (Phi) is 3.31. The highest BCUT2D eigenvalue weighted by atomic mass is 32.1. The van der Waals surface area contributed by atoms with Gasteiger partial charge in [-0.05, 0) is 5.56 Å². The van der Waals surface area contributed by atoms with Crippen LogP contribution in [-0.2, 0) is 0 Å². The largest absolute Gasteiger partial charge is 0.369 e. The van der Waals surface area contributed by atoms with Crippen molar-refractivity contribution in [3.05, 3.63) is 36.5 Å². The molecule has 0 saturated carbocycles. The number of thiazole rings is 1. The zero-order valence-electron chi connectivity index (χ0n) is 9.29. The molecule has 2 rings (SSSR count). The maximum Gasteiger partial charge on any atom is 0.211 e. The van der Waals surface area contributed by atoms with Crippen molar-refractivity contribution in [2.75, 3.05) is 14.1 Å². The summed E-state index contributed by atoms with van der Waals surface area (Å²) in [5.41, 5.74) is 1.19. The van der Waals surface area contributed by atoms with Crippen LogP contribution in [0.25, 0.3) is 10.4 Å². The first kappa shape index (κ1) is 10.8. The minimum atomic E-state index is 0.785. The summed E-state index contributed by atoms with van der Waals surface area (Å²) in [6, 6.07) is 10.2. The van der Waals surface area contributed by atoms with Crippen molar-refractivity contribution in [2.45, 2.75) is 0 Å². The lowest BCUT2D eigenvalue weighted by Gasteiger charge is -1.99. The highest BCUT2D eigenvalue weighted by molar-refractivity contribution is 7.18. The van der Waals surface area contributed by atoms with E-state index in [9.17, 15) is 0 Å². The van der Waals surface area contributed by atoms with Crippen LogP contribution in [0.1, 0.15) is 0 Å². The average molecular weight is 231 g/mol. The van der Waals surface area contributed by atoms with Gasteiger partial charge in [-0.25, -0.2) is 9.98 Å². The molecule has 0 fully saturated rings. The van der Waals surface area contributed by atoms with E-state index < -0.39 is 0 Å². The first-order valence-electron chi connectivity index (χ1n) is 4.97. The number of hydrogen-bond donors (Lipinski definition) is 0. The van der Waals surface area contributed by atoms with E-state index in [1.54, 1.807) is 17.7 Å². The van der Waals surface area contributed by atoms with E-state index in [-0.39, 0.29) is 0 Å². The zero-order valence-corrected chi connectivity index (χ0v) is 10.1. The van der Waals surface area contributed by atoms with Crippen LogP contribution in [0.5, 0.6) is 0 Å². The molecule has 4 heteroatoms. The number of nitrogens with zero attached hydrogens (tertiary/aromatic N) is 3. The molecule has 0 unspecified atom stereocenters. The van der Waals surface area contributed by atoms with Crippen LogP contribution in [0.15, 0.2) is 41.5 Å². The lowest BCUT2D eigenvalue weighted by Crippen LogP contribution is -2.06. The van der Waals surface area contributed by atoms with Crippen LogP contribution in [-0.4, -0.2) is 30.3 Å². The average Bonchev–Trinajstić information content (AvgIpc) is 2.76. The molecule has 0 bridgehead atoms. The molecule has 0 radical (unpaired) electrons. The predicted octanol–water partition coefficient (Wildman–Crippen LogP) is 3.03. The highest BCUT2D eigenvalue weighted by Gasteiger charge is 2.01. The van der Waals surface area contributed by atoms with Gasteiger partial charge in [0.25, 0.3) is 0 Å². The summed E-state index contributed by atoms with van der Waals surface area (Å²) in [6.45, 7) is 0. The molecule has 1 aromatic carbocycles. The van der Waals surface area contributed by atoms with Gasteiger partial charge in [0.1, 0.15) is 0 Å². The van der Waals surface area contributed by atoms with E-state index in [0.29, 0.717) is 0 Å². The highest BCUT2D eigenvalue weighted by Crippen LogP contribution is 2.29. The third-order valence-corrected chi connectivity index (χ3v) is 2.91. The van der Waals surface area contributed by atoms with E-state index in [4.69, 9.17) is 0 Å². The molecule has 82 valence electrons. The van der Waals surface area contributed by atoms with Gasteiger partial charge in [0.2, 0.25) is 5.13 Å². The Balaban J connectivity index is 2.20. The normalized spacial score (nSPS) is 10.9. The lowest BCUT2D eigenvalue weighted by atomic mass is 10.2. The third kappa shape index (κ3) is 2.67. The molecule has 0 atom stereocenters. The Labute approximate surface area is 99.1 Å². The monoisotopic (exact) mass is 231 g/mol. The molecular formula is C12H13N3S. The van der Waals surface area contributed by atoms with Gasteiger partial charge in [-0.15, -0.1) is 0 Å². The number of aromatic nitrogens is 1. The minimum Gasteiger partial charge on any atom is -0.369 e. The van der Waals surface area contributed by atoms with Crippen molar-refractivity contribution in [2.24, 2.45) is 4.99 Å². The predicted molar refractivity (Wildman–Crippen MR) is 69.4 cm³/mol. The summed E-state index contributed by atoms with van der Waals surface area (Å²) in [4.78, 5) is 11.6. The van der Waals surface area contributed by atoms with E-state index >= 15 is 0 Å². The van der Waals surface area contributed by atoms with Crippen molar-refractivity contribution in [1.29, 1.82) is 0 Å². The molecule has 3 nitrogen and oxygen atoms in total. The lowest BCUT2D eigenvalue weighted by molar-refractivity contribution is 0.643. The van der Waals surface area contributed by atoms with E-state index in [0.717, 1.165) is 10.0 Å². The second-order valence-corrected chi connectivity index (χ2v) is 4.59. The Morgan fingerprint density at radius 2 is 2.00 bits per heavy atom. The summed E-state index contributed by atoms with van der Waals surface area (Å²) >= 11 is 1.59. The first-order chi connectivity index (χ1) is 7.75. The fraction of sp³-hybridized carbons (Fsp3) is 0.167. The van der Waals surface area contributed by atoms with Gasteiger partial charge in [0, 0.05) is 20.3 Å². The Morgan fingerprint density at radius 1 is 1.25 bits per heavy atom. The molecule has 0 spiro atoms. The SMILES string of the molecule is CN(C)C=Nc1ncc(-c2ccccc2)s1. The zero-order chi connectivity index (χ0) is 11.4. The topological polar surface area (TPSA) is 28.5 Å². The van der Waals surface area contributed by atoms with Gasteiger partial charge in [-0.2, -0.15) is 0 Å². The van der Waals surface area contributed by atoms with Crippen LogP contribution in [0.4, 0.5) is 5.13 Å². The van der Waals surface area contributed by atoms with Crippen molar-refractivity contribution in [3.8, 4) is 10.4 Å². The van der Waals surface area contributed by atoms with Gasteiger partial charge in [0.05, 0.1) is 11.2 Å². The van der Waals surface area contributed by atoms with Crippen molar-refractivity contribution >= 4 is 22.8 Å². The number of rotatable bonds is 3. The van der Waals surface area contributed by atoms with Gasteiger partial charge in [-0.3, -0.25) is 0 Å². The van der Waals surface area contributed by atoms with Crippen LogP contribution in [0.2, 0.25) is 0 Å². The molecule has 0 aliphatic rings. The number of benzene rings is 1.